The Labute approximate surface area is 76.2 Å². The van der Waals surface area contributed by atoms with Gasteiger partial charge in [0.25, 0.3) is 0 Å². The van der Waals surface area contributed by atoms with Crippen molar-refractivity contribution in [3.05, 3.63) is 12.1 Å². The summed E-state index contributed by atoms with van der Waals surface area (Å²) in [5, 5.41) is 4.06. The summed E-state index contributed by atoms with van der Waals surface area (Å²) in [5.41, 5.74) is 1.56. The molecule has 67 valence electrons. The van der Waals surface area contributed by atoms with Gasteiger partial charge in [0.2, 0.25) is 0 Å². The first-order valence-electron chi connectivity index (χ1n) is 3.84. The normalized spacial score (nSPS) is 12.2. The lowest BCUT2D eigenvalue weighted by atomic mass is 10.2. The van der Waals surface area contributed by atoms with Crippen molar-refractivity contribution < 1.29 is 9.47 Å². The molecule has 0 N–H and O–H groups in total. The second kappa shape index (κ2) is 2.97. The molecule has 2 rings (SSSR count). The molecule has 1 aromatic rings. The van der Waals surface area contributed by atoms with Crippen LogP contribution in [0.2, 0.25) is 0 Å². The third-order valence-electron chi connectivity index (χ3n) is 1.87. The molecule has 4 heteroatoms. The van der Waals surface area contributed by atoms with E-state index in [-0.39, 0.29) is 0 Å². The fraction of sp³-hybridized carbons (Fsp3) is 0.222. The highest BCUT2D eigenvalue weighted by Gasteiger charge is 2.15. The first-order chi connectivity index (χ1) is 6.35. The summed E-state index contributed by atoms with van der Waals surface area (Å²) >= 11 is 0. The van der Waals surface area contributed by atoms with Crippen LogP contribution in [0.15, 0.2) is 17.1 Å². The van der Waals surface area contributed by atoms with Crippen molar-refractivity contribution in [2.24, 2.45) is 4.99 Å². The molecule has 4 nitrogen and oxygen atoms in total. The number of methoxy groups -OCH3 is 2. The van der Waals surface area contributed by atoms with Crippen LogP contribution in [0, 0.1) is 0 Å². The average Bonchev–Trinajstić information content (AvgIpc) is 2.63. The summed E-state index contributed by atoms with van der Waals surface area (Å²) in [6.07, 6.45) is 1.51. The van der Waals surface area contributed by atoms with Crippen molar-refractivity contribution in [3.8, 4) is 11.5 Å². The predicted octanol–water partition coefficient (Wildman–Crippen LogP) is 1.61. The number of rotatable bonds is 2. The van der Waals surface area contributed by atoms with Gasteiger partial charge in [-0.2, -0.15) is 0 Å². The molecular weight excluding hydrogens is 168 g/mol. The Morgan fingerprint density at radius 2 is 2.00 bits per heavy atom. The van der Waals surface area contributed by atoms with Gasteiger partial charge < -0.3 is 9.47 Å². The Morgan fingerprint density at radius 1 is 1.15 bits per heavy atom. The molecule has 0 aromatic heterocycles. The van der Waals surface area contributed by atoms with Crippen molar-refractivity contribution in [1.82, 2.24) is 5.32 Å². The lowest BCUT2D eigenvalue weighted by molar-refractivity contribution is 0.395. The summed E-state index contributed by atoms with van der Waals surface area (Å²) in [7, 11) is 3.21. The second-order valence-corrected chi connectivity index (χ2v) is 2.57. The van der Waals surface area contributed by atoms with Crippen molar-refractivity contribution in [2.75, 3.05) is 14.2 Å². The molecule has 0 bridgehead atoms. The van der Waals surface area contributed by atoms with Crippen LogP contribution in [0.1, 0.15) is 0 Å². The van der Waals surface area contributed by atoms with Gasteiger partial charge in [0.05, 0.1) is 19.9 Å². The van der Waals surface area contributed by atoms with E-state index in [1.54, 1.807) is 20.3 Å². The molecule has 1 radical (unpaired) electrons. The molecule has 0 unspecified atom stereocenters. The van der Waals surface area contributed by atoms with E-state index in [0.29, 0.717) is 5.75 Å². The van der Waals surface area contributed by atoms with E-state index in [9.17, 15) is 0 Å². The van der Waals surface area contributed by atoms with Gasteiger partial charge in [-0.15, -0.1) is 0 Å². The van der Waals surface area contributed by atoms with Gasteiger partial charge >= 0.3 is 0 Å². The molecule has 13 heavy (non-hydrogen) atoms. The lowest BCUT2D eigenvalue weighted by Gasteiger charge is -2.07. The number of hydrogen-bond donors (Lipinski definition) is 0. The molecule has 1 heterocycles. The summed E-state index contributed by atoms with van der Waals surface area (Å²) in [5.74, 6) is 1.41. The quantitative estimate of drug-likeness (QED) is 0.688. The minimum absolute atomic E-state index is 0.687. The molecule has 0 saturated carbocycles. The first kappa shape index (κ1) is 7.91. The third kappa shape index (κ3) is 1.20. The van der Waals surface area contributed by atoms with Crippen LogP contribution in [0.4, 0.5) is 11.4 Å². The Balaban J connectivity index is 2.53. The topological polar surface area (TPSA) is 44.9 Å². The van der Waals surface area contributed by atoms with Crippen LogP contribution >= 0.6 is 0 Å². The van der Waals surface area contributed by atoms with Crippen molar-refractivity contribution >= 4 is 17.7 Å². The van der Waals surface area contributed by atoms with Crippen LogP contribution in [0.3, 0.4) is 0 Å². The maximum Gasteiger partial charge on any atom is 0.150 e. The number of nitrogens with zero attached hydrogens (tertiary/aromatic N) is 2. The maximum atomic E-state index is 5.15. The summed E-state index contributed by atoms with van der Waals surface area (Å²) in [4.78, 5) is 4.07. The Bertz CT molecular complexity index is 361. The number of hydrogen-bond acceptors (Lipinski definition) is 3. The molecule has 1 aliphatic rings. The number of ether oxygens (including phenoxy) is 2. The van der Waals surface area contributed by atoms with Gasteiger partial charge in [0.1, 0.15) is 23.5 Å². The number of fused-ring (bicyclic) bond motifs is 1. The van der Waals surface area contributed by atoms with E-state index in [4.69, 9.17) is 9.47 Å². The van der Waals surface area contributed by atoms with Crippen molar-refractivity contribution in [2.45, 2.75) is 0 Å². The highest BCUT2D eigenvalue weighted by Crippen LogP contribution is 2.41. The lowest BCUT2D eigenvalue weighted by Crippen LogP contribution is -1.90. The van der Waals surface area contributed by atoms with E-state index >= 15 is 0 Å². The second-order valence-electron chi connectivity index (χ2n) is 2.57. The van der Waals surface area contributed by atoms with Gasteiger partial charge in [-0.3, -0.25) is 0 Å². The largest absolute Gasteiger partial charge is 0.497 e. The molecule has 0 aliphatic carbocycles. The number of benzene rings is 1. The Morgan fingerprint density at radius 3 is 2.69 bits per heavy atom. The molecular formula is C9H9N2O2. The highest BCUT2D eigenvalue weighted by atomic mass is 16.5. The first-order valence-corrected chi connectivity index (χ1v) is 3.84. The fourth-order valence-electron chi connectivity index (χ4n) is 1.22. The third-order valence-corrected chi connectivity index (χ3v) is 1.87. The van der Waals surface area contributed by atoms with Gasteiger partial charge in [0.15, 0.2) is 0 Å². The molecule has 0 amide bonds. The van der Waals surface area contributed by atoms with Gasteiger partial charge in [-0.25, -0.2) is 10.3 Å². The predicted molar refractivity (Wildman–Crippen MR) is 49.5 cm³/mol. The maximum absolute atomic E-state index is 5.15. The minimum atomic E-state index is 0.687. The van der Waals surface area contributed by atoms with Crippen molar-refractivity contribution in [1.29, 1.82) is 0 Å². The zero-order valence-corrected chi connectivity index (χ0v) is 7.44. The zero-order valence-electron chi connectivity index (χ0n) is 7.44. The highest BCUT2D eigenvalue weighted by molar-refractivity contribution is 5.86. The van der Waals surface area contributed by atoms with E-state index in [2.05, 4.69) is 10.3 Å². The van der Waals surface area contributed by atoms with Crippen LogP contribution < -0.4 is 14.8 Å². The summed E-state index contributed by atoms with van der Waals surface area (Å²) < 4.78 is 10.2. The summed E-state index contributed by atoms with van der Waals surface area (Å²) in [6.45, 7) is 0. The van der Waals surface area contributed by atoms with E-state index in [0.717, 1.165) is 17.1 Å². The van der Waals surface area contributed by atoms with Crippen LogP contribution in [-0.2, 0) is 0 Å². The Hall–Kier alpha value is -1.71. The molecule has 1 aliphatic heterocycles. The minimum Gasteiger partial charge on any atom is -0.497 e. The molecule has 0 fully saturated rings. The van der Waals surface area contributed by atoms with Gasteiger partial charge in [-0.1, -0.05) is 0 Å². The summed E-state index contributed by atoms with van der Waals surface area (Å²) in [6, 6.07) is 3.61. The van der Waals surface area contributed by atoms with E-state index < -0.39 is 0 Å². The number of aliphatic imine (C=N–C) groups is 1. The van der Waals surface area contributed by atoms with Crippen LogP contribution in [0.25, 0.3) is 0 Å². The Kier molecular flexibility index (Phi) is 1.81. The molecule has 0 saturated heterocycles. The average molecular weight is 177 g/mol. The van der Waals surface area contributed by atoms with Gasteiger partial charge in [0, 0.05) is 12.1 Å². The molecule has 0 spiro atoms. The molecule has 1 aromatic carbocycles. The van der Waals surface area contributed by atoms with E-state index in [1.807, 2.05) is 6.07 Å². The van der Waals surface area contributed by atoms with E-state index in [1.165, 1.54) is 6.34 Å². The van der Waals surface area contributed by atoms with Crippen molar-refractivity contribution in [3.63, 3.8) is 0 Å². The smallest absolute Gasteiger partial charge is 0.150 e. The monoisotopic (exact) mass is 177 g/mol. The fourth-order valence-corrected chi connectivity index (χ4v) is 1.22. The van der Waals surface area contributed by atoms with Gasteiger partial charge in [-0.05, 0) is 0 Å². The zero-order chi connectivity index (χ0) is 9.26. The standard InChI is InChI=1S/C9H9N2O2/c1-12-6-3-7-9(11-5-10-7)8(4-6)13-2/h3-5H,1-2H3. The molecule has 0 atom stereocenters. The van der Waals surface area contributed by atoms with Crippen LogP contribution in [0.5, 0.6) is 11.5 Å². The van der Waals surface area contributed by atoms with Crippen LogP contribution in [-0.4, -0.2) is 20.6 Å². The SMILES string of the molecule is COc1cc2c(c(OC)c1)N=C[N]2.